The Morgan fingerprint density at radius 3 is 2.79 bits per heavy atom. The Labute approximate surface area is 109 Å². The van der Waals surface area contributed by atoms with Crippen molar-refractivity contribution in [2.24, 2.45) is 0 Å². The Balaban J connectivity index is 2.30. The van der Waals surface area contributed by atoms with Gasteiger partial charge in [-0.3, -0.25) is 0 Å². The number of aliphatic hydroxyl groups is 1. The monoisotopic (exact) mass is 258 g/mol. The molecular weight excluding hydrogens is 244 g/mol. The second-order valence-corrected chi connectivity index (χ2v) is 4.25. The van der Waals surface area contributed by atoms with Crippen LogP contribution in [0.2, 0.25) is 0 Å². The Kier molecular flexibility index (Phi) is 2.68. The predicted octanol–water partition coefficient (Wildman–Crippen LogP) is 2.12. The number of hydrogen-bond acceptors (Lipinski definition) is 5. The van der Waals surface area contributed by atoms with Gasteiger partial charge in [0.15, 0.2) is 5.58 Å². The van der Waals surface area contributed by atoms with Crippen LogP contribution in [0.4, 0.5) is 11.4 Å². The number of nitrogens with two attached hydrogens (primary N) is 2. The van der Waals surface area contributed by atoms with Crippen LogP contribution in [0.5, 0.6) is 5.75 Å². The van der Waals surface area contributed by atoms with Crippen LogP contribution in [0.25, 0.3) is 21.9 Å². The van der Waals surface area contributed by atoms with E-state index in [1.54, 1.807) is 6.07 Å². The van der Waals surface area contributed by atoms with Crippen molar-refractivity contribution in [1.82, 2.24) is 0 Å². The smallest absolute Gasteiger partial charge is 0.164 e. The maximum absolute atomic E-state index is 8.79. The van der Waals surface area contributed by atoms with Crippen molar-refractivity contribution in [2.45, 2.75) is 0 Å². The van der Waals surface area contributed by atoms with E-state index in [0.29, 0.717) is 22.7 Å². The number of hydrogen-bond donors (Lipinski definition) is 3. The third-order valence-corrected chi connectivity index (χ3v) is 3.03. The molecule has 19 heavy (non-hydrogen) atoms. The number of anilines is 2. The van der Waals surface area contributed by atoms with Gasteiger partial charge in [0.05, 0.1) is 12.0 Å². The third kappa shape index (κ3) is 1.75. The number of benzene rings is 2. The van der Waals surface area contributed by atoms with Gasteiger partial charge in [-0.15, -0.1) is 0 Å². The summed E-state index contributed by atoms with van der Waals surface area (Å²) in [5.41, 5.74) is 14.3. The van der Waals surface area contributed by atoms with Crippen LogP contribution in [0.3, 0.4) is 0 Å². The standard InChI is InChI=1S/C14H14N2O3/c15-9-7-11(18-6-5-17)13(16)14-12(9)8-3-1-2-4-10(8)19-14/h1-4,7,17H,5-6,15-16H2. The van der Waals surface area contributed by atoms with Crippen molar-refractivity contribution < 1.29 is 14.3 Å². The number of ether oxygens (including phenoxy) is 1. The molecule has 0 atom stereocenters. The second kappa shape index (κ2) is 4.37. The first kappa shape index (κ1) is 11.7. The Hall–Kier alpha value is -2.40. The van der Waals surface area contributed by atoms with Crippen LogP contribution >= 0.6 is 0 Å². The van der Waals surface area contributed by atoms with Crippen LogP contribution in [0, 0.1) is 0 Å². The summed E-state index contributed by atoms with van der Waals surface area (Å²) in [6, 6.07) is 9.27. The number of aliphatic hydroxyl groups excluding tert-OH is 1. The van der Waals surface area contributed by atoms with E-state index in [4.69, 9.17) is 25.7 Å². The molecule has 0 saturated carbocycles. The van der Waals surface area contributed by atoms with Crippen molar-refractivity contribution in [3.8, 4) is 5.75 Å². The maximum atomic E-state index is 8.79. The molecule has 0 bridgehead atoms. The van der Waals surface area contributed by atoms with Crippen molar-refractivity contribution in [2.75, 3.05) is 24.7 Å². The first-order valence-electron chi connectivity index (χ1n) is 5.95. The first-order chi connectivity index (χ1) is 9.22. The van der Waals surface area contributed by atoms with E-state index in [-0.39, 0.29) is 13.2 Å². The predicted molar refractivity (Wildman–Crippen MR) is 75.1 cm³/mol. The number of furan rings is 1. The van der Waals surface area contributed by atoms with E-state index in [9.17, 15) is 0 Å². The van der Waals surface area contributed by atoms with Crippen molar-refractivity contribution >= 4 is 33.3 Å². The van der Waals surface area contributed by atoms with Gasteiger partial charge in [0.1, 0.15) is 23.6 Å². The molecule has 5 nitrogen and oxygen atoms in total. The normalized spacial score (nSPS) is 11.2. The summed E-state index contributed by atoms with van der Waals surface area (Å²) in [5.74, 6) is 0.429. The fraction of sp³-hybridized carbons (Fsp3) is 0.143. The van der Waals surface area contributed by atoms with Crippen LogP contribution in [-0.2, 0) is 0 Å². The van der Waals surface area contributed by atoms with Gasteiger partial charge in [0, 0.05) is 17.1 Å². The van der Waals surface area contributed by atoms with Gasteiger partial charge in [0.2, 0.25) is 0 Å². The molecule has 5 N–H and O–H groups in total. The molecule has 1 aromatic heterocycles. The molecule has 98 valence electrons. The van der Waals surface area contributed by atoms with Crippen molar-refractivity contribution in [3.63, 3.8) is 0 Å². The Morgan fingerprint density at radius 2 is 2.00 bits per heavy atom. The van der Waals surface area contributed by atoms with Crippen LogP contribution < -0.4 is 16.2 Å². The minimum atomic E-state index is -0.0858. The van der Waals surface area contributed by atoms with Gasteiger partial charge in [0.25, 0.3) is 0 Å². The van der Waals surface area contributed by atoms with Gasteiger partial charge in [-0.2, -0.15) is 0 Å². The quantitative estimate of drug-likeness (QED) is 0.625. The zero-order valence-corrected chi connectivity index (χ0v) is 10.2. The molecule has 5 heteroatoms. The lowest BCUT2D eigenvalue weighted by Crippen LogP contribution is -2.04. The topological polar surface area (TPSA) is 94.6 Å². The SMILES string of the molecule is Nc1c(OCCO)cc(N)c2c1oc1ccccc12. The molecule has 0 radical (unpaired) electrons. The highest BCUT2D eigenvalue weighted by Crippen LogP contribution is 2.41. The van der Waals surface area contributed by atoms with E-state index in [2.05, 4.69) is 0 Å². The first-order valence-corrected chi connectivity index (χ1v) is 5.95. The number of rotatable bonds is 3. The molecule has 0 spiro atoms. The van der Waals surface area contributed by atoms with E-state index < -0.39 is 0 Å². The highest BCUT2D eigenvalue weighted by molar-refractivity contribution is 6.15. The maximum Gasteiger partial charge on any atom is 0.164 e. The summed E-state index contributed by atoms with van der Waals surface area (Å²) in [4.78, 5) is 0. The fourth-order valence-corrected chi connectivity index (χ4v) is 2.20. The highest BCUT2D eigenvalue weighted by atomic mass is 16.5. The number of fused-ring (bicyclic) bond motifs is 3. The minimum Gasteiger partial charge on any atom is -0.489 e. The Bertz CT molecular complexity index is 749. The fourth-order valence-electron chi connectivity index (χ4n) is 2.20. The zero-order valence-electron chi connectivity index (χ0n) is 10.2. The lowest BCUT2D eigenvalue weighted by atomic mass is 10.1. The number of nitrogen functional groups attached to an aromatic ring is 2. The van der Waals surface area contributed by atoms with Crippen LogP contribution in [-0.4, -0.2) is 18.3 Å². The second-order valence-electron chi connectivity index (χ2n) is 4.25. The molecule has 0 amide bonds. The van der Waals surface area contributed by atoms with Crippen LogP contribution in [0.15, 0.2) is 34.7 Å². The zero-order chi connectivity index (χ0) is 13.4. The highest BCUT2D eigenvalue weighted by Gasteiger charge is 2.16. The van der Waals surface area contributed by atoms with E-state index in [0.717, 1.165) is 16.4 Å². The minimum absolute atomic E-state index is 0.0858. The Morgan fingerprint density at radius 1 is 1.21 bits per heavy atom. The van der Waals surface area contributed by atoms with Crippen molar-refractivity contribution in [3.05, 3.63) is 30.3 Å². The molecule has 0 unspecified atom stereocenters. The average Bonchev–Trinajstić information content (AvgIpc) is 2.81. The van der Waals surface area contributed by atoms with Crippen LogP contribution in [0.1, 0.15) is 0 Å². The molecule has 0 fully saturated rings. The van der Waals surface area contributed by atoms with Crippen molar-refractivity contribution in [1.29, 1.82) is 0 Å². The molecular formula is C14H14N2O3. The molecule has 0 aliphatic carbocycles. The van der Waals surface area contributed by atoms with Gasteiger partial charge >= 0.3 is 0 Å². The van der Waals surface area contributed by atoms with Gasteiger partial charge in [-0.25, -0.2) is 0 Å². The number of para-hydroxylation sites is 1. The lowest BCUT2D eigenvalue weighted by Gasteiger charge is -2.09. The molecule has 1 heterocycles. The summed E-state index contributed by atoms with van der Waals surface area (Å²) >= 11 is 0. The van der Waals surface area contributed by atoms with Gasteiger partial charge in [-0.05, 0) is 6.07 Å². The summed E-state index contributed by atoms with van der Waals surface area (Å²) in [6.45, 7) is 0.0763. The molecule has 0 aliphatic rings. The molecule has 0 saturated heterocycles. The summed E-state index contributed by atoms with van der Waals surface area (Å²) in [6.07, 6.45) is 0. The van der Waals surface area contributed by atoms with E-state index >= 15 is 0 Å². The van der Waals surface area contributed by atoms with Gasteiger partial charge < -0.3 is 25.7 Å². The average molecular weight is 258 g/mol. The van der Waals surface area contributed by atoms with E-state index in [1.165, 1.54) is 0 Å². The largest absolute Gasteiger partial charge is 0.489 e. The molecule has 2 aromatic carbocycles. The molecule has 3 aromatic rings. The molecule has 0 aliphatic heterocycles. The summed E-state index contributed by atoms with van der Waals surface area (Å²) < 4.78 is 11.1. The van der Waals surface area contributed by atoms with Gasteiger partial charge in [-0.1, -0.05) is 18.2 Å². The molecule has 3 rings (SSSR count). The van der Waals surface area contributed by atoms with E-state index in [1.807, 2.05) is 24.3 Å². The summed E-state index contributed by atoms with van der Waals surface area (Å²) in [7, 11) is 0. The lowest BCUT2D eigenvalue weighted by molar-refractivity contribution is 0.202. The third-order valence-electron chi connectivity index (χ3n) is 3.03. The summed E-state index contributed by atoms with van der Waals surface area (Å²) in [5, 5.41) is 10.5.